The molecule has 0 bridgehead atoms. The molecule has 0 aliphatic carbocycles. The average molecular weight is 269 g/mol. The minimum Gasteiger partial charge on any atom is -0.469 e. The van der Waals surface area contributed by atoms with Gasteiger partial charge in [-0.1, -0.05) is 6.07 Å². The first kappa shape index (κ1) is 13.9. The third kappa shape index (κ3) is 3.10. The van der Waals surface area contributed by atoms with Crippen LogP contribution in [0.15, 0.2) is 18.2 Å². The van der Waals surface area contributed by atoms with Gasteiger partial charge in [0.15, 0.2) is 0 Å². The first-order valence-corrected chi connectivity index (χ1v) is 6.37. The summed E-state index contributed by atoms with van der Waals surface area (Å²) in [5, 5.41) is 3.20. The van der Waals surface area contributed by atoms with Gasteiger partial charge in [-0.15, -0.1) is 0 Å². The van der Waals surface area contributed by atoms with E-state index in [0.29, 0.717) is 0 Å². The maximum atomic E-state index is 13.9. The predicted octanol–water partition coefficient (Wildman–Crippen LogP) is 2.22. The van der Waals surface area contributed by atoms with Crippen LogP contribution in [0.25, 0.3) is 0 Å². The van der Waals surface area contributed by atoms with Crippen molar-refractivity contribution in [3.05, 3.63) is 35.4 Å². The first-order chi connectivity index (χ1) is 9.13. The SMILES string of the molecule is COC(=O)C(c1ccc(F)cc1F)C1CCNCC1. The fraction of sp³-hybridized carbons (Fsp3) is 0.500. The van der Waals surface area contributed by atoms with Crippen molar-refractivity contribution >= 4 is 5.97 Å². The van der Waals surface area contributed by atoms with Crippen molar-refractivity contribution in [1.82, 2.24) is 5.32 Å². The Morgan fingerprint density at radius 2 is 2.05 bits per heavy atom. The smallest absolute Gasteiger partial charge is 0.313 e. The molecule has 1 aliphatic heterocycles. The van der Waals surface area contributed by atoms with E-state index in [2.05, 4.69) is 5.32 Å². The van der Waals surface area contributed by atoms with E-state index in [0.717, 1.165) is 32.0 Å². The molecule has 1 N–H and O–H groups in total. The molecule has 19 heavy (non-hydrogen) atoms. The summed E-state index contributed by atoms with van der Waals surface area (Å²) < 4.78 is 31.6. The summed E-state index contributed by atoms with van der Waals surface area (Å²) in [7, 11) is 1.29. The van der Waals surface area contributed by atoms with Crippen LogP contribution in [-0.2, 0) is 9.53 Å². The molecule has 5 heteroatoms. The van der Waals surface area contributed by atoms with E-state index in [-0.39, 0.29) is 11.5 Å². The number of benzene rings is 1. The maximum Gasteiger partial charge on any atom is 0.313 e. The van der Waals surface area contributed by atoms with Gasteiger partial charge in [-0.3, -0.25) is 4.79 Å². The van der Waals surface area contributed by atoms with Crippen molar-refractivity contribution in [2.24, 2.45) is 5.92 Å². The number of nitrogens with one attached hydrogen (secondary N) is 1. The van der Waals surface area contributed by atoms with Crippen LogP contribution in [0.2, 0.25) is 0 Å². The van der Waals surface area contributed by atoms with E-state index in [9.17, 15) is 13.6 Å². The molecule has 3 nitrogen and oxygen atoms in total. The van der Waals surface area contributed by atoms with Gasteiger partial charge in [0, 0.05) is 11.6 Å². The molecule has 1 fully saturated rings. The molecule has 1 saturated heterocycles. The summed E-state index contributed by atoms with van der Waals surface area (Å²) in [6.45, 7) is 1.59. The minimum absolute atomic E-state index is 0.0219. The van der Waals surface area contributed by atoms with Crippen molar-refractivity contribution in [1.29, 1.82) is 0 Å². The Balaban J connectivity index is 2.33. The highest BCUT2D eigenvalue weighted by Crippen LogP contribution is 2.33. The van der Waals surface area contributed by atoms with Crippen molar-refractivity contribution in [2.45, 2.75) is 18.8 Å². The Morgan fingerprint density at radius 1 is 1.37 bits per heavy atom. The van der Waals surface area contributed by atoms with E-state index in [1.54, 1.807) is 0 Å². The van der Waals surface area contributed by atoms with Gasteiger partial charge in [0.1, 0.15) is 11.6 Å². The molecule has 0 aromatic heterocycles. The normalized spacial score (nSPS) is 18.1. The van der Waals surface area contributed by atoms with E-state index < -0.39 is 23.5 Å². The third-order valence-electron chi connectivity index (χ3n) is 3.61. The topological polar surface area (TPSA) is 38.3 Å². The van der Waals surface area contributed by atoms with Crippen LogP contribution < -0.4 is 5.32 Å². The number of methoxy groups -OCH3 is 1. The average Bonchev–Trinajstić information content (AvgIpc) is 2.42. The van der Waals surface area contributed by atoms with Crippen LogP contribution in [0.4, 0.5) is 8.78 Å². The largest absolute Gasteiger partial charge is 0.469 e. The van der Waals surface area contributed by atoms with Crippen LogP contribution in [0.3, 0.4) is 0 Å². The monoisotopic (exact) mass is 269 g/mol. The molecule has 0 spiro atoms. The van der Waals surface area contributed by atoms with Crippen LogP contribution >= 0.6 is 0 Å². The summed E-state index contributed by atoms with van der Waals surface area (Å²) >= 11 is 0. The van der Waals surface area contributed by atoms with E-state index in [1.807, 2.05) is 0 Å². The number of esters is 1. The Hall–Kier alpha value is -1.49. The molecule has 0 saturated carbocycles. The van der Waals surface area contributed by atoms with Crippen LogP contribution in [0.1, 0.15) is 24.3 Å². The fourth-order valence-corrected chi connectivity index (χ4v) is 2.63. The Kier molecular flexibility index (Phi) is 4.47. The number of halogens is 2. The Labute approximate surface area is 111 Å². The Morgan fingerprint density at radius 3 is 2.63 bits per heavy atom. The third-order valence-corrected chi connectivity index (χ3v) is 3.61. The molecular formula is C14H17F2NO2. The van der Waals surface area contributed by atoms with Crippen molar-refractivity contribution in [2.75, 3.05) is 20.2 Å². The summed E-state index contributed by atoms with van der Waals surface area (Å²) in [5.74, 6) is -2.43. The molecule has 0 radical (unpaired) electrons. The molecule has 1 atom stereocenters. The van der Waals surface area contributed by atoms with Gasteiger partial charge in [0.25, 0.3) is 0 Å². The number of ether oxygens (including phenoxy) is 1. The molecule has 2 rings (SSSR count). The van der Waals surface area contributed by atoms with Gasteiger partial charge in [-0.2, -0.15) is 0 Å². The zero-order valence-electron chi connectivity index (χ0n) is 10.8. The molecule has 104 valence electrons. The van der Waals surface area contributed by atoms with Crippen LogP contribution in [-0.4, -0.2) is 26.2 Å². The van der Waals surface area contributed by atoms with E-state index in [1.165, 1.54) is 19.2 Å². The van der Waals surface area contributed by atoms with Gasteiger partial charge in [0.05, 0.1) is 13.0 Å². The fourth-order valence-electron chi connectivity index (χ4n) is 2.63. The summed E-state index contributed by atoms with van der Waals surface area (Å²) in [6.07, 6.45) is 1.55. The predicted molar refractivity (Wildman–Crippen MR) is 66.7 cm³/mol. The number of carbonyl (C=O) groups excluding carboxylic acids is 1. The van der Waals surface area contributed by atoms with Gasteiger partial charge in [-0.25, -0.2) is 8.78 Å². The standard InChI is InChI=1S/C14H17F2NO2/c1-19-14(18)13(9-4-6-17-7-5-9)11-3-2-10(15)8-12(11)16/h2-3,8-9,13,17H,4-7H2,1H3. The molecule has 0 amide bonds. The van der Waals surface area contributed by atoms with Gasteiger partial charge in [-0.05, 0) is 37.9 Å². The Bertz CT molecular complexity index is 459. The highest BCUT2D eigenvalue weighted by Gasteiger charge is 2.33. The second-order valence-corrected chi connectivity index (χ2v) is 4.75. The number of carbonyl (C=O) groups is 1. The molecule has 1 aromatic carbocycles. The zero-order chi connectivity index (χ0) is 13.8. The summed E-state index contributed by atoms with van der Waals surface area (Å²) in [6, 6.07) is 3.33. The minimum atomic E-state index is -0.686. The molecule has 1 unspecified atom stereocenters. The number of piperidine rings is 1. The zero-order valence-corrected chi connectivity index (χ0v) is 10.8. The van der Waals surface area contributed by atoms with Crippen molar-refractivity contribution < 1.29 is 18.3 Å². The lowest BCUT2D eigenvalue weighted by molar-refractivity contribution is -0.144. The quantitative estimate of drug-likeness (QED) is 0.855. The second kappa shape index (κ2) is 6.10. The molecular weight excluding hydrogens is 252 g/mol. The lowest BCUT2D eigenvalue weighted by Crippen LogP contribution is -2.34. The lowest BCUT2D eigenvalue weighted by atomic mass is 9.80. The van der Waals surface area contributed by atoms with Gasteiger partial charge >= 0.3 is 5.97 Å². The molecule has 1 heterocycles. The number of rotatable bonds is 3. The summed E-state index contributed by atoms with van der Waals surface area (Å²) in [4.78, 5) is 11.9. The van der Waals surface area contributed by atoms with Crippen molar-refractivity contribution in [3.8, 4) is 0 Å². The van der Waals surface area contributed by atoms with E-state index >= 15 is 0 Å². The van der Waals surface area contributed by atoms with Gasteiger partial charge in [0.2, 0.25) is 0 Å². The number of hydrogen-bond donors (Lipinski definition) is 1. The van der Waals surface area contributed by atoms with Crippen molar-refractivity contribution in [3.63, 3.8) is 0 Å². The molecule has 1 aliphatic rings. The van der Waals surface area contributed by atoms with Crippen LogP contribution in [0, 0.1) is 17.6 Å². The highest BCUT2D eigenvalue weighted by atomic mass is 19.1. The van der Waals surface area contributed by atoms with Gasteiger partial charge < -0.3 is 10.1 Å². The van der Waals surface area contributed by atoms with E-state index in [4.69, 9.17) is 4.74 Å². The molecule has 1 aromatic rings. The maximum absolute atomic E-state index is 13.9. The number of hydrogen-bond acceptors (Lipinski definition) is 3. The lowest BCUT2D eigenvalue weighted by Gasteiger charge is -2.29. The van der Waals surface area contributed by atoms with Crippen LogP contribution in [0.5, 0.6) is 0 Å². The summed E-state index contributed by atoms with van der Waals surface area (Å²) in [5.41, 5.74) is 0.222. The first-order valence-electron chi connectivity index (χ1n) is 6.37. The second-order valence-electron chi connectivity index (χ2n) is 4.75. The highest BCUT2D eigenvalue weighted by molar-refractivity contribution is 5.78.